The molecule has 1 aromatic rings. The topological polar surface area (TPSA) is 12.9 Å². The summed E-state index contributed by atoms with van der Waals surface area (Å²) in [5, 5.41) is 0. The molecule has 13 heavy (non-hydrogen) atoms. The maximum Gasteiger partial charge on any atom is 0.434 e. The van der Waals surface area contributed by atoms with Crippen molar-refractivity contribution in [2.24, 2.45) is 0 Å². The Morgan fingerprint density at radius 2 is 2.08 bits per heavy atom. The molecule has 0 bridgehead atoms. The van der Waals surface area contributed by atoms with Crippen LogP contribution in [0.15, 0.2) is 12.3 Å². The summed E-state index contributed by atoms with van der Waals surface area (Å²) in [6, 6.07) is 1.51. The summed E-state index contributed by atoms with van der Waals surface area (Å²) < 4.78 is 36.8. The fourth-order valence-corrected chi connectivity index (χ4v) is 1.72. The zero-order valence-corrected chi connectivity index (χ0v) is 8.98. The number of aryl methyl sites for hydroxylation is 1. The van der Waals surface area contributed by atoms with Crippen LogP contribution >= 0.6 is 22.6 Å². The third-order valence-corrected chi connectivity index (χ3v) is 2.40. The summed E-state index contributed by atoms with van der Waals surface area (Å²) in [5.74, 6) is 0. The van der Waals surface area contributed by atoms with Crippen molar-refractivity contribution in [3.8, 4) is 0 Å². The molecular formula is C8H7F3IN. The molecule has 0 fully saturated rings. The molecule has 0 N–H and O–H groups in total. The predicted octanol–water partition coefficient (Wildman–Crippen LogP) is 3.27. The van der Waals surface area contributed by atoms with Crippen molar-refractivity contribution in [1.29, 1.82) is 0 Å². The van der Waals surface area contributed by atoms with Gasteiger partial charge in [0.2, 0.25) is 0 Å². The Labute approximate surface area is 87.5 Å². The van der Waals surface area contributed by atoms with Crippen LogP contribution in [0.5, 0.6) is 0 Å². The fourth-order valence-electron chi connectivity index (χ4n) is 0.879. The Hall–Kier alpha value is -0.330. The predicted molar refractivity (Wildman–Crippen MR) is 51.3 cm³/mol. The van der Waals surface area contributed by atoms with Crippen LogP contribution in [-0.4, -0.2) is 4.98 Å². The van der Waals surface area contributed by atoms with E-state index in [1.54, 1.807) is 22.6 Å². The van der Waals surface area contributed by atoms with E-state index in [0.29, 0.717) is 6.42 Å². The van der Waals surface area contributed by atoms with Crippen LogP contribution in [0.2, 0.25) is 0 Å². The summed E-state index contributed by atoms with van der Waals surface area (Å²) in [7, 11) is 0. The zero-order chi connectivity index (χ0) is 10.1. The third kappa shape index (κ3) is 2.55. The lowest BCUT2D eigenvalue weighted by Crippen LogP contribution is -2.10. The smallest absolute Gasteiger partial charge is 0.250 e. The van der Waals surface area contributed by atoms with Gasteiger partial charge in [-0.15, -0.1) is 0 Å². The molecule has 0 radical (unpaired) electrons. The average molecular weight is 301 g/mol. The van der Waals surface area contributed by atoms with E-state index in [0.717, 1.165) is 5.56 Å². The molecule has 0 saturated carbocycles. The minimum atomic E-state index is -4.34. The second kappa shape index (κ2) is 3.81. The molecule has 1 rings (SSSR count). The average Bonchev–Trinajstić information content (AvgIpc) is 2.01. The Morgan fingerprint density at radius 3 is 2.46 bits per heavy atom. The van der Waals surface area contributed by atoms with Gasteiger partial charge in [-0.2, -0.15) is 13.2 Å². The lowest BCUT2D eigenvalue weighted by Gasteiger charge is -2.08. The van der Waals surface area contributed by atoms with E-state index < -0.39 is 11.9 Å². The van der Waals surface area contributed by atoms with Gasteiger partial charge in [0.25, 0.3) is 0 Å². The zero-order valence-electron chi connectivity index (χ0n) is 6.82. The van der Waals surface area contributed by atoms with Gasteiger partial charge in [-0.1, -0.05) is 6.92 Å². The minimum Gasteiger partial charge on any atom is -0.250 e. The summed E-state index contributed by atoms with van der Waals surface area (Å²) in [6.45, 7) is 1.88. The molecule has 0 unspecified atom stereocenters. The Bertz CT molecular complexity index is 309. The molecule has 5 heteroatoms. The standard InChI is InChI=1S/C8H7F3IN/c1-2-5-3-6(12)7(13-4-5)8(9,10)11/h3-4H,2H2,1H3. The van der Waals surface area contributed by atoms with Crippen molar-refractivity contribution in [3.05, 3.63) is 27.1 Å². The minimum absolute atomic E-state index is 0.157. The number of aromatic nitrogens is 1. The molecule has 0 aliphatic heterocycles. The van der Waals surface area contributed by atoms with E-state index in [-0.39, 0.29) is 3.57 Å². The molecule has 72 valence electrons. The second-order valence-corrected chi connectivity index (χ2v) is 3.69. The maximum atomic E-state index is 12.2. The monoisotopic (exact) mass is 301 g/mol. The fraction of sp³-hybridized carbons (Fsp3) is 0.375. The van der Waals surface area contributed by atoms with Gasteiger partial charge in [0.15, 0.2) is 5.69 Å². The number of halogens is 4. The third-order valence-electron chi connectivity index (χ3n) is 1.57. The van der Waals surface area contributed by atoms with Crippen LogP contribution in [0, 0.1) is 3.57 Å². The van der Waals surface area contributed by atoms with E-state index in [1.165, 1.54) is 12.3 Å². The quantitative estimate of drug-likeness (QED) is 0.726. The number of nitrogens with zero attached hydrogens (tertiary/aromatic N) is 1. The number of rotatable bonds is 1. The lowest BCUT2D eigenvalue weighted by atomic mass is 10.2. The normalized spacial score (nSPS) is 11.8. The largest absolute Gasteiger partial charge is 0.434 e. The highest BCUT2D eigenvalue weighted by atomic mass is 127. The number of alkyl halides is 3. The van der Waals surface area contributed by atoms with Crippen LogP contribution in [0.3, 0.4) is 0 Å². The first-order chi connectivity index (χ1) is 5.95. The molecule has 0 saturated heterocycles. The van der Waals surface area contributed by atoms with Crippen molar-refractivity contribution in [3.63, 3.8) is 0 Å². The summed E-state index contributed by atoms with van der Waals surface area (Å²) in [4.78, 5) is 3.39. The van der Waals surface area contributed by atoms with Crippen LogP contribution < -0.4 is 0 Å². The lowest BCUT2D eigenvalue weighted by molar-refractivity contribution is -0.141. The van der Waals surface area contributed by atoms with Crippen LogP contribution in [0.25, 0.3) is 0 Å². The molecule has 0 aliphatic carbocycles. The van der Waals surface area contributed by atoms with Gasteiger partial charge in [0.1, 0.15) is 0 Å². The first kappa shape index (κ1) is 10.7. The Balaban J connectivity index is 3.13. The van der Waals surface area contributed by atoms with Crippen molar-refractivity contribution in [2.75, 3.05) is 0 Å². The van der Waals surface area contributed by atoms with E-state index in [9.17, 15) is 13.2 Å². The van der Waals surface area contributed by atoms with Crippen LogP contribution in [0.4, 0.5) is 13.2 Å². The molecule has 0 amide bonds. The van der Waals surface area contributed by atoms with Crippen molar-refractivity contribution in [1.82, 2.24) is 4.98 Å². The van der Waals surface area contributed by atoms with Gasteiger partial charge in [-0.25, -0.2) is 0 Å². The molecule has 0 atom stereocenters. The highest BCUT2D eigenvalue weighted by Gasteiger charge is 2.34. The SMILES string of the molecule is CCc1cnc(C(F)(F)F)c(I)c1. The van der Waals surface area contributed by atoms with E-state index in [2.05, 4.69) is 4.98 Å². The number of hydrogen-bond donors (Lipinski definition) is 0. The van der Waals surface area contributed by atoms with E-state index in [4.69, 9.17) is 0 Å². The molecular weight excluding hydrogens is 294 g/mol. The van der Waals surface area contributed by atoms with Crippen LogP contribution in [0.1, 0.15) is 18.2 Å². The molecule has 0 spiro atoms. The first-order valence-electron chi connectivity index (χ1n) is 3.66. The summed E-state index contributed by atoms with van der Waals surface area (Å²) in [5.41, 5.74) is 0.0164. The second-order valence-electron chi connectivity index (χ2n) is 2.53. The Kier molecular flexibility index (Phi) is 3.15. The van der Waals surface area contributed by atoms with Gasteiger partial charge in [0.05, 0.1) is 0 Å². The van der Waals surface area contributed by atoms with Gasteiger partial charge in [-0.05, 0) is 40.6 Å². The number of pyridine rings is 1. The summed E-state index contributed by atoms with van der Waals surface area (Å²) >= 11 is 1.65. The van der Waals surface area contributed by atoms with Crippen molar-refractivity contribution >= 4 is 22.6 Å². The molecule has 1 nitrogen and oxygen atoms in total. The van der Waals surface area contributed by atoms with Crippen molar-refractivity contribution in [2.45, 2.75) is 19.5 Å². The summed E-state index contributed by atoms with van der Waals surface area (Å²) in [6.07, 6.45) is -2.38. The van der Waals surface area contributed by atoms with Crippen LogP contribution in [-0.2, 0) is 12.6 Å². The Morgan fingerprint density at radius 1 is 1.46 bits per heavy atom. The molecule has 0 aliphatic rings. The first-order valence-corrected chi connectivity index (χ1v) is 4.74. The number of hydrogen-bond acceptors (Lipinski definition) is 1. The van der Waals surface area contributed by atoms with Crippen molar-refractivity contribution < 1.29 is 13.2 Å². The van der Waals surface area contributed by atoms with Gasteiger partial charge < -0.3 is 0 Å². The molecule has 0 aromatic carbocycles. The van der Waals surface area contributed by atoms with Gasteiger partial charge >= 0.3 is 6.18 Å². The van der Waals surface area contributed by atoms with E-state index >= 15 is 0 Å². The van der Waals surface area contributed by atoms with Gasteiger partial charge in [-0.3, -0.25) is 4.98 Å². The maximum absolute atomic E-state index is 12.2. The molecule has 1 aromatic heterocycles. The molecule has 1 heterocycles. The highest BCUT2D eigenvalue weighted by Crippen LogP contribution is 2.31. The highest BCUT2D eigenvalue weighted by molar-refractivity contribution is 14.1. The van der Waals surface area contributed by atoms with E-state index in [1.807, 2.05) is 6.92 Å². The van der Waals surface area contributed by atoms with Gasteiger partial charge in [0, 0.05) is 9.77 Å².